The van der Waals surface area contributed by atoms with E-state index in [1.165, 1.54) is 0 Å². The molecule has 0 bridgehead atoms. The minimum absolute atomic E-state index is 0. The maximum Gasteiger partial charge on any atom is 1.00 e. The summed E-state index contributed by atoms with van der Waals surface area (Å²) in [5, 5.41) is 0. The molecule has 0 unspecified atom stereocenters. The Kier molecular flexibility index (Phi) is 6.85. The van der Waals surface area contributed by atoms with Gasteiger partial charge < -0.3 is 1.43 Å². The Hall–Kier alpha value is 0.857. The van der Waals surface area contributed by atoms with Gasteiger partial charge in [-0.1, -0.05) is 0 Å². The molecule has 0 spiro atoms. The van der Waals surface area contributed by atoms with Crippen LogP contribution in [0.15, 0.2) is 0 Å². The molecule has 0 aromatic heterocycles. The summed E-state index contributed by atoms with van der Waals surface area (Å²) >= 11 is 3.57. The second-order valence-electron chi connectivity index (χ2n) is 1.01. The van der Waals surface area contributed by atoms with Crippen LogP contribution >= 0.6 is 12.6 Å². The third-order valence-corrected chi connectivity index (χ3v) is 1.60. The van der Waals surface area contributed by atoms with Crippen molar-refractivity contribution in [1.82, 2.24) is 0 Å². The Labute approximate surface area is 67.7 Å². The molecule has 0 aliphatic carbocycles. The summed E-state index contributed by atoms with van der Waals surface area (Å²) in [4.78, 5) is 0. The van der Waals surface area contributed by atoms with Crippen molar-refractivity contribution < 1.29 is 33.3 Å². The first-order chi connectivity index (χ1) is 3.06. The average molecular weight is 150 g/mol. The van der Waals surface area contributed by atoms with Crippen LogP contribution in [0.5, 0.6) is 0 Å². The van der Waals surface area contributed by atoms with Gasteiger partial charge in [-0.3, -0.25) is 4.55 Å². The van der Waals surface area contributed by atoms with E-state index < -0.39 is 10.1 Å². The van der Waals surface area contributed by atoms with Gasteiger partial charge in [-0.15, -0.1) is 0 Å². The first-order valence-electron chi connectivity index (χ1n) is 1.62. The Morgan fingerprint density at radius 2 is 2.00 bits per heavy atom. The predicted octanol–water partition coefficient (Wildman–Crippen LogP) is -3.08. The number of rotatable bonds is 2. The Morgan fingerprint density at radius 3 is 2.00 bits per heavy atom. The summed E-state index contributed by atoms with van der Waals surface area (Å²) in [5.41, 5.74) is 0. The van der Waals surface area contributed by atoms with Crippen molar-refractivity contribution in [2.24, 2.45) is 0 Å². The van der Waals surface area contributed by atoms with Crippen LogP contribution in [0.1, 0.15) is 1.43 Å². The third kappa shape index (κ3) is 9.97. The molecule has 0 fully saturated rings. The molecule has 0 aliphatic heterocycles. The molecular weight excluding hydrogens is 143 g/mol. The van der Waals surface area contributed by atoms with Gasteiger partial charge in [0.2, 0.25) is 0 Å². The van der Waals surface area contributed by atoms with Crippen molar-refractivity contribution >= 4 is 22.7 Å². The number of hydrogen-bond acceptors (Lipinski definition) is 3. The molecule has 0 rings (SSSR count). The topological polar surface area (TPSA) is 54.4 Å². The van der Waals surface area contributed by atoms with E-state index in [4.69, 9.17) is 4.55 Å². The molecule has 0 saturated carbocycles. The number of hydrogen-bond donors (Lipinski definition) is 2. The zero-order chi connectivity index (χ0) is 5.91. The normalized spacial score (nSPS) is 10.2. The molecule has 0 atom stereocenters. The summed E-state index contributed by atoms with van der Waals surface area (Å²) in [5.74, 6) is -0.102. The van der Waals surface area contributed by atoms with E-state index in [2.05, 4.69) is 12.6 Å². The molecule has 0 heterocycles. The summed E-state index contributed by atoms with van der Waals surface area (Å²) in [6.45, 7) is 0. The second-order valence-corrected chi connectivity index (χ2v) is 3.03. The van der Waals surface area contributed by atoms with Gasteiger partial charge in [0.05, 0.1) is 5.75 Å². The van der Waals surface area contributed by atoms with Gasteiger partial charge in [-0.25, -0.2) is 0 Å². The first kappa shape index (κ1) is 11.6. The van der Waals surface area contributed by atoms with Crippen LogP contribution < -0.4 is 18.9 Å². The minimum Gasteiger partial charge on any atom is -1.00 e. The standard InChI is InChI=1S/C2H6O3S2.Li.H/c3-7(4,5)2-1-6;;/h6H,1-2H2,(H,3,4,5);;/q;+1;-1. The molecule has 46 valence electrons. The molecule has 0 aromatic carbocycles. The first-order valence-corrected chi connectivity index (χ1v) is 3.86. The van der Waals surface area contributed by atoms with Gasteiger partial charge in [-0.05, 0) is 0 Å². The van der Waals surface area contributed by atoms with Crippen molar-refractivity contribution in [3.63, 3.8) is 0 Å². The van der Waals surface area contributed by atoms with Crippen molar-refractivity contribution in [3.05, 3.63) is 0 Å². The zero-order valence-corrected chi connectivity index (χ0v) is 6.24. The minimum atomic E-state index is -3.75. The molecule has 0 saturated heterocycles. The van der Waals surface area contributed by atoms with E-state index in [0.29, 0.717) is 0 Å². The second kappa shape index (κ2) is 4.71. The summed E-state index contributed by atoms with van der Waals surface area (Å²) in [6, 6.07) is 0. The van der Waals surface area contributed by atoms with E-state index >= 15 is 0 Å². The molecule has 0 amide bonds. The van der Waals surface area contributed by atoms with E-state index in [-0.39, 0.29) is 31.8 Å². The van der Waals surface area contributed by atoms with E-state index in [9.17, 15) is 8.42 Å². The Morgan fingerprint density at radius 1 is 1.62 bits per heavy atom. The smallest absolute Gasteiger partial charge is 1.00 e. The molecule has 0 radical (unpaired) electrons. The summed E-state index contributed by atoms with van der Waals surface area (Å²) in [7, 11) is -3.75. The average Bonchev–Trinajstić information content (AvgIpc) is 1.30. The maximum atomic E-state index is 9.74. The maximum absolute atomic E-state index is 9.74. The fourth-order valence-electron chi connectivity index (χ4n) is 0.115. The molecule has 1 N–H and O–H groups in total. The van der Waals surface area contributed by atoms with Crippen LogP contribution in [0.25, 0.3) is 0 Å². The van der Waals surface area contributed by atoms with E-state index in [1.807, 2.05) is 0 Å². The van der Waals surface area contributed by atoms with Crippen LogP contribution in [0.3, 0.4) is 0 Å². The van der Waals surface area contributed by atoms with Gasteiger partial charge in [0.15, 0.2) is 0 Å². The zero-order valence-electron chi connectivity index (χ0n) is 5.53. The van der Waals surface area contributed by atoms with Crippen molar-refractivity contribution in [2.45, 2.75) is 0 Å². The Balaban J connectivity index is -0.000000180. The van der Waals surface area contributed by atoms with Crippen molar-refractivity contribution in [3.8, 4) is 0 Å². The van der Waals surface area contributed by atoms with Gasteiger partial charge in [0.1, 0.15) is 0 Å². The van der Waals surface area contributed by atoms with Crippen molar-refractivity contribution in [1.29, 1.82) is 0 Å². The van der Waals surface area contributed by atoms with Gasteiger partial charge in [-0.2, -0.15) is 21.0 Å². The van der Waals surface area contributed by atoms with Crippen LogP contribution in [0, 0.1) is 0 Å². The molecule has 6 heteroatoms. The van der Waals surface area contributed by atoms with Gasteiger partial charge in [0, 0.05) is 5.75 Å². The van der Waals surface area contributed by atoms with Crippen LogP contribution in [-0.2, 0) is 10.1 Å². The third-order valence-electron chi connectivity index (χ3n) is 0.349. The van der Waals surface area contributed by atoms with Gasteiger partial charge >= 0.3 is 18.9 Å². The molecular formula is C2H7LiO3S2. The quantitative estimate of drug-likeness (QED) is 0.249. The molecule has 8 heavy (non-hydrogen) atoms. The molecule has 0 aliphatic rings. The fraction of sp³-hybridized carbons (Fsp3) is 1.00. The SMILES string of the molecule is O=S(=O)(O)CCS.[H-].[Li+]. The molecule has 3 nitrogen and oxygen atoms in total. The van der Waals surface area contributed by atoms with Crippen LogP contribution in [0.4, 0.5) is 0 Å². The van der Waals surface area contributed by atoms with Crippen LogP contribution in [-0.4, -0.2) is 24.5 Å². The fourth-order valence-corrected chi connectivity index (χ4v) is 1.04. The van der Waals surface area contributed by atoms with E-state index in [1.54, 1.807) is 0 Å². The summed E-state index contributed by atoms with van der Waals surface area (Å²) < 4.78 is 27.4. The van der Waals surface area contributed by atoms with Crippen molar-refractivity contribution in [2.75, 3.05) is 11.5 Å². The summed E-state index contributed by atoms with van der Waals surface area (Å²) in [6.07, 6.45) is 0. The largest absolute Gasteiger partial charge is 1.00 e. The molecule has 0 aromatic rings. The monoisotopic (exact) mass is 150 g/mol. The van der Waals surface area contributed by atoms with Gasteiger partial charge in [0.25, 0.3) is 10.1 Å². The van der Waals surface area contributed by atoms with E-state index in [0.717, 1.165) is 0 Å². The Bertz CT molecular complexity index is 133. The number of thiol groups is 1. The van der Waals surface area contributed by atoms with Crippen LogP contribution in [0.2, 0.25) is 0 Å². The predicted molar refractivity (Wildman–Crippen MR) is 31.4 cm³/mol.